The smallest absolute Gasteiger partial charge is 0.0266 e. The number of nitrogens with zero attached hydrogens (tertiary/aromatic N) is 1. The van der Waals surface area contributed by atoms with Crippen LogP contribution >= 0.6 is 11.9 Å². The third-order valence-electron chi connectivity index (χ3n) is 1.94. The third kappa shape index (κ3) is 3.61. The summed E-state index contributed by atoms with van der Waals surface area (Å²) in [7, 11) is 0. The van der Waals surface area contributed by atoms with Crippen LogP contribution in [0, 0.1) is 0 Å². The Kier molecular flexibility index (Phi) is 4.36. The highest BCUT2D eigenvalue weighted by atomic mass is 32.2. The molecule has 0 unspecified atom stereocenters. The first-order valence-electron chi connectivity index (χ1n) is 4.26. The van der Waals surface area contributed by atoms with E-state index < -0.39 is 0 Å². The molecule has 0 amide bonds. The second-order valence-electron chi connectivity index (χ2n) is 2.84. The SMILES string of the molecule is C=CSN=C1CCCCCC1. The zero-order valence-electron chi connectivity index (χ0n) is 6.88. The topological polar surface area (TPSA) is 12.4 Å². The molecule has 0 N–H and O–H groups in total. The summed E-state index contributed by atoms with van der Waals surface area (Å²) in [4.78, 5) is 0. The molecule has 1 rings (SSSR count). The second kappa shape index (κ2) is 5.42. The van der Waals surface area contributed by atoms with Crippen molar-refractivity contribution < 1.29 is 0 Å². The molecule has 0 atom stereocenters. The Balaban J connectivity index is 2.35. The third-order valence-corrected chi connectivity index (χ3v) is 2.45. The molecule has 1 fully saturated rings. The summed E-state index contributed by atoms with van der Waals surface area (Å²) in [6.45, 7) is 3.62. The fourth-order valence-electron chi connectivity index (χ4n) is 1.34. The maximum Gasteiger partial charge on any atom is 0.0266 e. The highest BCUT2D eigenvalue weighted by Gasteiger charge is 2.04. The van der Waals surface area contributed by atoms with E-state index in [2.05, 4.69) is 11.0 Å². The van der Waals surface area contributed by atoms with E-state index in [1.807, 2.05) is 0 Å². The van der Waals surface area contributed by atoms with Crippen LogP contribution in [0.5, 0.6) is 0 Å². The Morgan fingerprint density at radius 3 is 2.36 bits per heavy atom. The summed E-state index contributed by atoms with van der Waals surface area (Å²) in [5.41, 5.74) is 1.38. The van der Waals surface area contributed by atoms with Crippen molar-refractivity contribution in [2.75, 3.05) is 0 Å². The molecule has 0 aliphatic heterocycles. The van der Waals surface area contributed by atoms with Crippen molar-refractivity contribution in [2.45, 2.75) is 38.5 Å². The Labute approximate surface area is 73.1 Å². The maximum absolute atomic E-state index is 4.38. The molecule has 1 saturated carbocycles. The highest BCUT2D eigenvalue weighted by Crippen LogP contribution is 2.17. The van der Waals surface area contributed by atoms with Crippen LogP contribution in [0.4, 0.5) is 0 Å². The van der Waals surface area contributed by atoms with E-state index in [4.69, 9.17) is 0 Å². The van der Waals surface area contributed by atoms with Gasteiger partial charge in [-0.15, -0.1) is 0 Å². The Bertz CT molecular complexity index is 142. The molecule has 1 aliphatic rings. The van der Waals surface area contributed by atoms with E-state index >= 15 is 0 Å². The molecule has 0 bridgehead atoms. The van der Waals surface area contributed by atoms with E-state index in [0.717, 1.165) is 0 Å². The molecule has 1 nitrogen and oxygen atoms in total. The molecule has 2 heteroatoms. The predicted molar refractivity (Wildman–Crippen MR) is 52.9 cm³/mol. The summed E-state index contributed by atoms with van der Waals surface area (Å²) in [6, 6.07) is 0. The van der Waals surface area contributed by atoms with Gasteiger partial charge in [0.1, 0.15) is 0 Å². The average molecular weight is 169 g/mol. The lowest BCUT2D eigenvalue weighted by atomic mass is 10.2. The number of rotatable bonds is 2. The summed E-state index contributed by atoms with van der Waals surface area (Å²) < 4.78 is 4.38. The van der Waals surface area contributed by atoms with E-state index in [1.165, 1.54) is 56.2 Å². The fourth-order valence-corrected chi connectivity index (χ4v) is 1.75. The van der Waals surface area contributed by atoms with E-state index in [-0.39, 0.29) is 0 Å². The molecule has 11 heavy (non-hydrogen) atoms. The Morgan fingerprint density at radius 1 is 1.18 bits per heavy atom. The lowest BCUT2D eigenvalue weighted by Gasteiger charge is -1.97. The van der Waals surface area contributed by atoms with E-state index in [0.29, 0.717) is 0 Å². The largest absolute Gasteiger partial charge is 0.221 e. The quantitative estimate of drug-likeness (QED) is 0.454. The average Bonchev–Trinajstić information content (AvgIpc) is 2.28. The summed E-state index contributed by atoms with van der Waals surface area (Å²) in [5.74, 6) is 0. The molecule has 0 aromatic heterocycles. The summed E-state index contributed by atoms with van der Waals surface area (Å²) >= 11 is 1.48. The van der Waals surface area contributed by atoms with E-state index in [9.17, 15) is 0 Å². The monoisotopic (exact) mass is 169 g/mol. The van der Waals surface area contributed by atoms with Crippen molar-refractivity contribution in [3.05, 3.63) is 12.0 Å². The maximum atomic E-state index is 4.38. The number of hydrogen-bond donors (Lipinski definition) is 0. The van der Waals surface area contributed by atoms with Crippen LogP contribution in [0.2, 0.25) is 0 Å². The van der Waals surface area contributed by atoms with Gasteiger partial charge < -0.3 is 0 Å². The van der Waals surface area contributed by atoms with Gasteiger partial charge >= 0.3 is 0 Å². The van der Waals surface area contributed by atoms with Crippen molar-refractivity contribution >= 4 is 17.7 Å². The minimum atomic E-state index is 1.21. The van der Waals surface area contributed by atoms with Crippen molar-refractivity contribution in [1.29, 1.82) is 0 Å². The van der Waals surface area contributed by atoms with Gasteiger partial charge in [-0.1, -0.05) is 19.4 Å². The minimum absolute atomic E-state index is 1.21. The molecule has 0 spiro atoms. The van der Waals surface area contributed by atoms with Crippen LogP contribution in [-0.2, 0) is 0 Å². The molecule has 0 heterocycles. The van der Waals surface area contributed by atoms with Crippen LogP contribution in [-0.4, -0.2) is 5.71 Å². The molecule has 1 aliphatic carbocycles. The van der Waals surface area contributed by atoms with Gasteiger partial charge in [0, 0.05) is 17.7 Å². The van der Waals surface area contributed by atoms with E-state index in [1.54, 1.807) is 5.41 Å². The van der Waals surface area contributed by atoms with Crippen molar-refractivity contribution in [3.63, 3.8) is 0 Å². The molecule has 0 aromatic rings. The van der Waals surface area contributed by atoms with Gasteiger partial charge in [-0.25, -0.2) is 4.40 Å². The van der Waals surface area contributed by atoms with Gasteiger partial charge in [-0.05, 0) is 31.1 Å². The van der Waals surface area contributed by atoms with Crippen LogP contribution in [0.15, 0.2) is 16.4 Å². The fraction of sp³-hybridized carbons (Fsp3) is 0.667. The number of hydrogen-bond acceptors (Lipinski definition) is 2. The van der Waals surface area contributed by atoms with Gasteiger partial charge in [0.05, 0.1) is 0 Å². The van der Waals surface area contributed by atoms with Crippen LogP contribution in [0.3, 0.4) is 0 Å². The lowest BCUT2D eigenvalue weighted by Crippen LogP contribution is -1.92. The zero-order chi connectivity index (χ0) is 7.94. The first-order chi connectivity index (χ1) is 5.43. The highest BCUT2D eigenvalue weighted by molar-refractivity contribution is 8.01. The second-order valence-corrected chi connectivity index (χ2v) is 3.57. The molecular weight excluding hydrogens is 154 g/mol. The minimum Gasteiger partial charge on any atom is -0.221 e. The summed E-state index contributed by atoms with van der Waals surface area (Å²) in [6.07, 6.45) is 7.85. The normalized spacial score (nSPS) is 19.1. The van der Waals surface area contributed by atoms with Gasteiger partial charge in [0.25, 0.3) is 0 Å². The first-order valence-corrected chi connectivity index (χ1v) is 5.09. The van der Waals surface area contributed by atoms with Crippen LogP contribution in [0.1, 0.15) is 38.5 Å². The van der Waals surface area contributed by atoms with Crippen molar-refractivity contribution in [3.8, 4) is 0 Å². The zero-order valence-corrected chi connectivity index (χ0v) is 7.70. The standard InChI is InChI=1S/C9H15NS/c1-2-11-10-9-7-5-3-4-6-8-9/h2H,1,3-8H2. The molecule has 0 saturated heterocycles. The van der Waals surface area contributed by atoms with Crippen LogP contribution in [0.25, 0.3) is 0 Å². The first kappa shape index (κ1) is 8.85. The Hall–Kier alpha value is -0.240. The van der Waals surface area contributed by atoms with Crippen molar-refractivity contribution in [2.24, 2.45) is 4.40 Å². The van der Waals surface area contributed by atoms with Crippen molar-refractivity contribution in [1.82, 2.24) is 0 Å². The Morgan fingerprint density at radius 2 is 1.82 bits per heavy atom. The van der Waals surface area contributed by atoms with Gasteiger partial charge in [0.2, 0.25) is 0 Å². The lowest BCUT2D eigenvalue weighted by molar-refractivity contribution is 0.702. The predicted octanol–water partition coefficient (Wildman–Crippen LogP) is 3.57. The molecule has 0 aromatic carbocycles. The van der Waals surface area contributed by atoms with Crippen LogP contribution < -0.4 is 0 Å². The molecular formula is C9H15NS. The summed E-state index contributed by atoms with van der Waals surface area (Å²) in [5, 5.41) is 1.79. The van der Waals surface area contributed by atoms with Gasteiger partial charge in [-0.3, -0.25) is 0 Å². The molecule has 62 valence electrons. The molecule has 0 radical (unpaired) electrons. The van der Waals surface area contributed by atoms with Gasteiger partial charge in [-0.2, -0.15) is 0 Å². The van der Waals surface area contributed by atoms with Gasteiger partial charge in [0.15, 0.2) is 0 Å².